The number of benzene rings is 8. The van der Waals surface area contributed by atoms with Gasteiger partial charge in [-0.15, -0.1) is 0 Å². The smallest absolute Gasteiger partial charge is 0.194 e. The first-order valence-corrected chi connectivity index (χ1v) is 20.7. The lowest BCUT2D eigenvalue weighted by atomic mass is 9.73. The van der Waals surface area contributed by atoms with E-state index < -0.39 is 0 Å². The van der Waals surface area contributed by atoms with Crippen LogP contribution < -0.4 is 9.80 Å². The summed E-state index contributed by atoms with van der Waals surface area (Å²) in [4.78, 5) is 32.9. The summed E-state index contributed by atoms with van der Waals surface area (Å²) in [7, 11) is 0. The summed E-state index contributed by atoms with van der Waals surface area (Å²) in [5.74, 6) is -0.260. The zero-order chi connectivity index (χ0) is 40.9. The summed E-state index contributed by atoms with van der Waals surface area (Å²) in [5.41, 5.74) is 17.2. The Morgan fingerprint density at radius 2 is 0.600 bits per heavy atom. The quantitative estimate of drug-likeness (QED) is 0.179. The third-order valence-corrected chi connectivity index (χ3v) is 13.2. The van der Waals surface area contributed by atoms with Gasteiger partial charge in [-0.2, -0.15) is 0 Å². The largest absolute Gasteiger partial charge is 0.310 e. The van der Waals surface area contributed by atoms with Crippen LogP contribution >= 0.6 is 0 Å². The van der Waals surface area contributed by atoms with Crippen molar-refractivity contribution in [1.29, 1.82) is 0 Å². The predicted octanol–water partition coefficient (Wildman–Crippen LogP) is 14.0. The van der Waals surface area contributed by atoms with Crippen molar-refractivity contribution >= 4 is 45.7 Å². The predicted molar refractivity (Wildman–Crippen MR) is 244 cm³/mol. The summed E-state index contributed by atoms with van der Waals surface area (Å²) in [6.07, 6.45) is 0. The molecule has 0 fully saturated rings. The Morgan fingerprint density at radius 3 is 0.917 bits per heavy atom. The van der Waals surface area contributed by atoms with Crippen molar-refractivity contribution in [3.05, 3.63) is 226 Å². The Bertz CT molecular complexity index is 2770. The average Bonchev–Trinajstić information content (AvgIpc) is 3.29. The van der Waals surface area contributed by atoms with E-state index in [9.17, 15) is 9.59 Å². The van der Waals surface area contributed by atoms with Crippen molar-refractivity contribution in [2.24, 2.45) is 0 Å². The minimum absolute atomic E-state index is 0.130. The molecule has 0 unspecified atom stereocenters. The highest BCUT2D eigenvalue weighted by Gasteiger charge is 2.38. The summed E-state index contributed by atoms with van der Waals surface area (Å²) in [5, 5.41) is 0. The first-order chi connectivity index (χ1) is 29.1. The number of rotatable bonds is 4. The molecule has 2 aliphatic heterocycles. The van der Waals surface area contributed by atoms with Gasteiger partial charge in [-0.05, 0) is 117 Å². The highest BCUT2D eigenvalue weighted by atomic mass is 16.1. The second-order valence-electron chi connectivity index (χ2n) is 17.3. The molecule has 1 aliphatic carbocycles. The van der Waals surface area contributed by atoms with E-state index in [2.05, 4.69) is 183 Å². The Balaban J connectivity index is 0.882. The van der Waals surface area contributed by atoms with E-state index in [0.717, 1.165) is 33.6 Å². The van der Waals surface area contributed by atoms with Crippen LogP contribution in [0, 0.1) is 0 Å². The molecule has 4 heteroatoms. The Kier molecular flexibility index (Phi) is 7.83. The number of nitrogens with zero attached hydrogens (tertiary/aromatic N) is 2. The van der Waals surface area contributed by atoms with Gasteiger partial charge in [-0.25, -0.2) is 0 Å². The van der Waals surface area contributed by atoms with E-state index in [0.29, 0.717) is 22.3 Å². The van der Waals surface area contributed by atoms with Gasteiger partial charge in [0.05, 0.1) is 22.7 Å². The molecule has 0 N–H and O–H groups in total. The lowest BCUT2D eigenvalue weighted by molar-refractivity contribution is 0.0979. The third-order valence-electron chi connectivity index (χ3n) is 13.2. The summed E-state index contributed by atoms with van der Waals surface area (Å²) < 4.78 is 0. The number of anilines is 6. The monoisotopic (exact) mass is 774 g/mol. The SMILES string of the molecule is CC1(C)c2ccccc2N(c2ccc(-c3ccc4c(c3)C(=O)c3ccc(-c5ccc(N6c7ccccc7C(C)(C)c7ccccc76)cc5)cc3C4=O)cc2)c2ccccc21. The van der Waals surface area contributed by atoms with Crippen LogP contribution in [-0.2, 0) is 10.8 Å². The van der Waals surface area contributed by atoms with Gasteiger partial charge in [-0.1, -0.05) is 137 Å². The fraction of sp³-hybridized carbons (Fsp3) is 0.107. The lowest BCUT2D eigenvalue weighted by Gasteiger charge is -2.42. The van der Waals surface area contributed by atoms with Gasteiger partial charge >= 0.3 is 0 Å². The van der Waals surface area contributed by atoms with Crippen LogP contribution in [0.1, 0.15) is 81.8 Å². The number of hydrogen-bond acceptors (Lipinski definition) is 4. The molecule has 0 atom stereocenters. The first-order valence-electron chi connectivity index (χ1n) is 20.7. The van der Waals surface area contributed by atoms with Crippen LogP contribution in [0.3, 0.4) is 0 Å². The second kappa shape index (κ2) is 13.1. The molecule has 0 bridgehead atoms. The van der Waals surface area contributed by atoms with Gasteiger partial charge in [-0.3, -0.25) is 9.59 Å². The Morgan fingerprint density at radius 1 is 0.317 bits per heavy atom. The molecule has 8 aromatic carbocycles. The minimum Gasteiger partial charge on any atom is -0.310 e. The van der Waals surface area contributed by atoms with E-state index in [1.54, 1.807) is 0 Å². The van der Waals surface area contributed by atoms with Gasteiger partial charge in [0.1, 0.15) is 0 Å². The molecule has 0 saturated heterocycles. The standard InChI is InChI=1S/C56H42N2O2/c1-55(2)45-13-5-9-17-49(45)57(50-18-10-6-14-46(50)55)39-27-21-35(22-28-39)37-25-31-41-43(33-37)53(59)42-32-26-38(34-44(42)54(41)60)36-23-29-40(30-24-36)58-51-19-11-7-15-47(51)56(3,4)48-16-8-12-20-52(48)58/h5-34H,1-4H3. The number of fused-ring (bicyclic) bond motifs is 6. The molecule has 0 aromatic heterocycles. The van der Waals surface area contributed by atoms with Crippen LogP contribution in [0.5, 0.6) is 0 Å². The third kappa shape index (κ3) is 5.23. The van der Waals surface area contributed by atoms with Crippen molar-refractivity contribution in [2.75, 3.05) is 9.80 Å². The maximum absolute atomic E-state index is 14.1. The van der Waals surface area contributed by atoms with Crippen molar-refractivity contribution in [3.8, 4) is 22.3 Å². The molecule has 8 aromatic rings. The molecule has 288 valence electrons. The van der Waals surface area contributed by atoms with E-state index in [-0.39, 0.29) is 22.4 Å². The van der Waals surface area contributed by atoms with Gasteiger partial charge in [0, 0.05) is 44.5 Å². The second-order valence-corrected chi connectivity index (χ2v) is 17.3. The van der Waals surface area contributed by atoms with Gasteiger partial charge in [0.2, 0.25) is 0 Å². The molecule has 0 saturated carbocycles. The van der Waals surface area contributed by atoms with Crippen molar-refractivity contribution in [2.45, 2.75) is 38.5 Å². The number of para-hydroxylation sites is 4. The molecule has 0 spiro atoms. The molecule has 0 radical (unpaired) electrons. The maximum Gasteiger partial charge on any atom is 0.194 e. The maximum atomic E-state index is 14.1. The molecule has 4 nitrogen and oxygen atoms in total. The molecular weight excluding hydrogens is 733 g/mol. The molecule has 2 heterocycles. The number of carbonyl (C=O) groups is 2. The van der Waals surface area contributed by atoms with Gasteiger partial charge in [0.25, 0.3) is 0 Å². The fourth-order valence-corrected chi connectivity index (χ4v) is 10.0. The zero-order valence-electron chi connectivity index (χ0n) is 34.0. The zero-order valence-corrected chi connectivity index (χ0v) is 34.0. The summed E-state index contributed by atoms with van der Waals surface area (Å²) in [6, 6.07) is 62.8. The van der Waals surface area contributed by atoms with E-state index in [4.69, 9.17) is 0 Å². The molecule has 60 heavy (non-hydrogen) atoms. The Hall–Kier alpha value is -7.30. The number of carbonyl (C=O) groups excluding carboxylic acids is 2. The van der Waals surface area contributed by atoms with E-state index >= 15 is 0 Å². The minimum atomic E-state index is -0.130. The van der Waals surface area contributed by atoms with Crippen molar-refractivity contribution in [1.82, 2.24) is 0 Å². The number of ketones is 2. The number of hydrogen-bond donors (Lipinski definition) is 0. The van der Waals surface area contributed by atoms with E-state index in [1.807, 2.05) is 36.4 Å². The molecule has 11 rings (SSSR count). The topological polar surface area (TPSA) is 40.6 Å². The van der Waals surface area contributed by atoms with Crippen LogP contribution in [0.25, 0.3) is 22.3 Å². The van der Waals surface area contributed by atoms with Crippen LogP contribution in [0.4, 0.5) is 34.1 Å². The van der Waals surface area contributed by atoms with Gasteiger partial charge in [0.15, 0.2) is 11.6 Å². The normalized spacial score (nSPS) is 15.3. The highest BCUT2D eigenvalue weighted by molar-refractivity contribution is 6.29. The molecule has 0 amide bonds. The fourth-order valence-electron chi connectivity index (χ4n) is 10.0. The van der Waals surface area contributed by atoms with Crippen LogP contribution in [0.15, 0.2) is 182 Å². The highest BCUT2D eigenvalue weighted by Crippen LogP contribution is 2.53. The van der Waals surface area contributed by atoms with E-state index in [1.165, 1.54) is 45.0 Å². The molecule has 3 aliphatic rings. The van der Waals surface area contributed by atoms with Gasteiger partial charge < -0.3 is 9.80 Å². The summed E-state index contributed by atoms with van der Waals surface area (Å²) >= 11 is 0. The van der Waals surface area contributed by atoms with Crippen LogP contribution in [-0.4, -0.2) is 11.6 Å². The Labute approximate surface area is 351 Å². The summed E-state index contributed by atoms with van der Waals surface area (Å²) in [6.45, 7) is 9.16. The van der Waals surface area contributed by atoms with Crippen LogP contribution in [0.2, 0.25) is 0 Å². The van der Waals surface area contributed by atoms with Crippen molar-refractivity contribution < 1.29 is 9.59 Å². The lowest BCUT2D eigenvalue weighted by Crippen LogP contribution is -2.30. The first kappa shape index (κ1) is 35.8. The molecular formula is C56H42N2O2. The average molecular weight is 775 g/mol. The van der Waals surface area contributed by atoms with Crippen molar-refractivity contribution in [3.63, 3.8) is 0 Å².